The molecular weight excluding hydrogens is 409 g/mol. The van der Waals surface area contributed by atoms with Crippen molar-refractivity contribution in [1.82, 2.24) is 5.32 Å². The highest BCUT2D eigenvalue weighted by atomic mass is 127. The number of carbonyl (C=O) groups is 1. The summed E-state index contributed by atoms with van der Waals surface area (Å²) in [5.74, 6) is -0.138. The van der Waals surface area contributed by atoms with Crippen LogP contribution in [-0.4, -0.2) is 23.2 Å². The molecule has 1 amide bonds. The predicted molar refractivity (Wildman–Crippen MR) is 82.6 cm³/mol. The normalized spacial score (nSPS) is 17.7. The lowest BCUT2D eigenvalue weighted by molar-refractivity contribution is 0.0449. The summed E-state index contributed by atoms with van der Waals surface area (Å²) in [6.45, 7) is 0.337. The minimum Gasteiger partial charge on any atom is -0.388 e. The largest absolute Gasteiger partial charge is 0.388 e. The van der Waals surface area contributed by atoms with Crippen molar-refractivity contribution >= 4 is 44.4 Å². The van der Waals surface area contributed by atoms with Crippen LogP contribution >= 0.6 is 38.5 Å². The molecule has 0 spiro atoms. The molecule has 1 aliphatic rings. The van der Waals surface area contributed by atoms with Gasteiger partial charge in [-0.1, -0.05) is 12.8 Å². The molecule has 3 nitrogen and oxygen atoms in total. The first-order valence-corrected chi connectivity index (χ1v) is 7.83. The second-order valence-electron chi connectivity index (χ2n) is 4.74. The first kappa shape index (κ1) is 14.3. The van der Waals surface area contributed by atoms with Crippen LogP contribution in [0.5, 0.6) is 0 Å². The molecule has 0 unspecified atom stereocenters. The van der Waals surface area contributed by atoms with E-state index in [1.54, 1.807) is 0 Å². The van der Waals surface area contributed by atoms with Crippen LogP contribution < -0.4 is 5.32 Å². The molecule has 98 valence electrons. The molecule has 2 rings (SSSR count). The van der Waals surface area contributed by atoms with E-state index in [0.717, 1.165) is 33.7 Å². The summed E-state index contributed by atoms with van der Waals surface area (Å²) in [5, 5.41) is 13.0. The van der Waals surface area contributed by atoms with E-state index in [-0.39, 0.29) is 5.91 Å². The number of hydrogen-bond donors (Lipinski definition) is 2. The molecule has 0 radical (unpaired) electrons. The second kappa shape index (κ2) is 5.88. The van der Waals surface area contributed by atoms with Gasteiger partial charge in [-0.2, -0.15) is 0 Å². The standard InChI is InChI=1S/C13H15BrINO2/c14-11-4-3-9(15)7-10(11)12(17)16-8-13(18)5-1-2-6-13/h3-4,7,18H,1-2,5-6,8H2,(H,16,17). The van der Waals surface area contributed by atoms with Crippen LogP contribution in [0.25, 0.3) is 0 Å². The lowest BCUT2D eigenvalue weighted by atomic mass is 10.0. The molecule has 0 aromatic heterocycles. The Hall–Kier alpha value is -0.140. The third-order valence-electron chi connectivity index (χ3n) is 3.29. The van der Waals surface area contributed by atoms with Gasteiger partial charge in [0.2, 0.25) is 0 Å². The molecule has 0 aliphatic heterocycles. The highest BCUT2D eigenvalue weighted by Gasteiger charge is 2.31. The number of rotatable bonds is 3. The molecule has 1 aromatic carbocycles. The topological polar surface area (TPSA) is 49.3 Å². The summed E-state index contributed by atoms with van der Waals surface area (Å²) in [6, 6.07) is 5.63. The van der Waals surface area contributed by atoms with Gasteiger partial charge < -0.3 is 10.4 Å². The van der Waals surface area contributed by atoms with E-state index >= 15 is 0 Å². The molecule has 1 aliphatic carbocycles. The quantitative estimate of drug-likeness (QED) is 0.734. The minimum absolute atomic E-state index is 0.138. The maximum atomic E-state index is 12.1. The Labute approximate surface area is 129 Å². The lowest BCUT2D eigenvalue weighted by Gasteiger charge is -2.22. The van der Waals surface area contributed by atoms with Crippen molar-refractivity contribution in [3.05, 3.63) is 31.8 Å². The molecule has 18 heavy (non-hydrogen) atoms. The van der Waals surface area contributed by atoms with Gasteiger partial charge in [0.05, 0.1) is 11.2 Å². The summed E-state index contributed by atoms with van der Waals surface area (Å²) in [7, 11) is 0. The average molecular weight is 424 g/mol. The van der Waals surface area contributed by atoms with E-state index in [1.807, 2.05) is 18.2 Å². The predicted octanol–water partition coefficient (Wildman–Crippen LogP) is 3.09. The van der Waals surface area contributed by atoms with Gasteiger partial charge in [-0.3, -0.25) is 4.79 Å². The highest BCUT2D eigenvalue weighted by molar-refractivity contribution is 14.1. The van der Waals surface area contributed by atoms with Gasteiger partial charge in [0.1, 0.15) is 0 Å². The first-order valence-electron chi connectivity index (χ1n) is 5.96. The van der Waals surface area contributed by atoms with E-state index in [9.17, 15) is 9.90 Å². The molecule has 1 saturated carbocycles. The molecule has 0 atom stereocenters. The fraction of sp³-hybridized carbons (Fsp3) is 0.462. The van der Waals surface area contributed by atoms with Gasteiger partial charge in [-0.25, -0.2) is 0 Å². The third kappa shape index (κ3) is 3.45. The van der Waals surface area contributed by atoms with E-state index in [2.05, 4.69) is 43.8 Å². The molecular formula is C13H15BrINO2. The molecule has 2 N–H and O–H groups in total. The van der Waals surface area contributed by atoms with Crippen LogP contribution in [0.1, 0.15) is 36.0 Å². The second-order valence-corrected chi connectivity index (χ2v) is 6.84. The smallest absolute Gasteiger partial charge is 0.252 e. The fourth-order valence-electron chi connectivity index (χ4n) is 2.22. The summed E-state index contributed by atoms with van der Waals surface area (Å²) in [6.07, 6.45) is 3.64. The van der Waals surface area contributed by atoms with Crippen molar-refractivity contribution in [2.75, 3.05) is 6.54 Å². The zero-order valence-electron chi connectivity index (χ0n) is 9.88. The zero-order chi connectivity index (χ0) is 13.2. The van der Waals surface area contributed by atoms with Gasteiger partial charge >= 0.3 is 0 Å². The highest BCUT2D eigenvalue weighted by Crippen LogP contribution is 2.28. The van der Waals surface area contributed by atoms with Crippen LogP contribution in [0, 0.1) is 3.57 Å². The monoisotopic (exact) mass is 423 g/mol. The average Bonchev–Trinajstić information content (AvgIpc) is 2.77. The fourth-order valence-corrected chi connectivity index (χ4v) is 3.14. The Morgan fingerprint density at radius 2 is 2.11 bits per heavy atom. The van der Waals surface area contributed by atoms with Crippen molar-refractivity contribution in [3.8, 4) is 0 Å². The van der Waals surface area contributed by atoms with Crippen molar-refractivity contribution in [2.45, 2.75) is 31.3 Å². The van der Waals surface area contributed by atoms with Crippen molar-refractivity contribution in [3.63, 3.8) is 0 Å². The van der Waals surface area contributed by atoms with Crippen LogP contribution in [0.4, 0.5) is 0 Å². The number of hydrogen-bond acceptors (Lipinski definition) is 2. The SMILES string of the molecule is O=C(NCC1(O)CCCC1)c1cc(I)ccc1Br. The minimum atomic E-state index is -0.704. The van der Waals surface area contributed by atoms with Gasteiger partial charge in [0.15, 0.2) is 0 Å². The van der Waals surface area contributed by atoms with E-state index in [0.29, 0.717) is 12.1 Å². The molecule has 0 heterocycles. The number of aliphatic hydroxyl groups is 1. The Kier molecular flexibility index (Phi) is 4.66. The summed E-state index contributed by atoms with van der Waals surface area (Å²) >= 11 is 5.55. The van der Waals surface area contributed by atoms with Crippen LogP contribution in [0.15, 0.2) is 22.7 Å². The Balaban J connectivity index is 2.01. The zero-order valence-corrected chi connectivity index (χ0v) is 13.6. The van der Waals surface area contributed by atoms with Gasteiger partial charge in [-0.05, 0) is 69.6 Å². The van der Waals surface area contributed by atoms with E-state index < -0.39 is 5.60 Å². The molecule has 0 bridgehead atoms. The number of halogens is 2. The number of carbonyl (C=O) groups excluding carboxylic acids is 1. The van der Waals surface area contributed by atoms with Crippen LogP contribution in [0.2, 0.25) is 0 Å². The first-order chi connectivity index (χ1) is 8.50. The Morgan fingerprint density at radius 1 is 1.44 bits per heavy atom. The van der Waals surface area contributed by atoms with Crippen molar-refractivity contribution < 1.29 is 9.90 Å². The Morgan fingerprint density at radius 3 is 2.78 bits per heavy atom. The van der Waals surface area contributed by atoms with Gasteiger partial charge in [0, 0.05) is 14.6 Å². The van der Waals surface area contributed by atoms with Gasteiger partial charge in [0.25, 0.3) is 5.91 Å². The third-order valence-corrected chi connectivity index (χ3v) is 4.65. The van der Waals surface area contributed by atoms with Crippen molar-refractivity contribution in [2.24, 2.45) is 0 Å². The maximum Gasteiger partial charge on any atom is 0.252 e. The number of nitrogens with one attached hydrogen (secondary N) is 1. The summed E-state index contributed by atoms with van der Waals surface area (Å²) in [5.41, 5.74) is -0.0899. The Bertz CT molecular complexity index is 458. The van der Waals surface area contributed by atoms with Crippen molar-refractivity contribution in [1.29, 1.82) is 0 Å². The number of benzene rings is 1. The van der Waals surface area contributed by atoms with Crippen LogP contribution in [0.3, 0.4) is 0 Å². The maximum absolute atomic E-state index is 12.1. The summed E-state index contributed by atoms with van der Waals surface area (Å²) in [4.78, 5) is 12.1. The number of amides is 1. The summed E-state index contributed by atoms with van der Waals surface area (Å²) < 4.78 is 1.79. The van der Waals surface area contributed by atoms with E-state index in [1.165, 1.54) is 0 Å². The van der Waals surface area contributed by atoms with Gasteiger partial charge in [-0.15, -0.1) is 0 Å². The molecule has 1 aromatic rings. The molecule has 5 heteroatoms. The van der Waals surface area contributed by atoms with Crippen LogP contribution in [-0.2, 0) is 0 Å². The van der Waals surface area contributed by atoms with E-state index in [4.69, 9.17) is 0 Å². The molecule has 0 saturated heterocycles. The molecule has 1 fully saturated rings. The lowest BCUT2D eigenvalue weighted by Crippen LogP contribution is -2.40.